The number of hydrogen-bond donors (Lipinski definition) is 2. The monoisotopic (exact) mass is 403 g/mol. The molecule has 1 unspecified atom stereocenters. The van der Waals surface area contributed by atoms with Crippen molar-refractivity contribution in [2.75, 3.05) is 24.3 Å². The quantitative estimate of drug-likeness (QED) is 0.609. The molecule has 1 atom stereocenters. The lowest BCUT2D eigenvalue weighted by Gasteiger charge is -2.21. The van der Waals surface area contributed by atoms with Crippen LogP contribution in [0.3, 0.4) is 0 Å². The first-order chi connectivity index (χ1) is 14.3. The van der Waals surface area contributed by atoms with E-state index < -0.39 is 0 Å². The average molecular weight is 404 g/mol. The highest BCUT2D eigenvalue weighted by atomic mass is 16.2. The van der Waals surface area contributed by atoms with Gasteiger partial charge in [-0.05, 0) is 41.5 Å². The van der Waals surface area contributed by atoms with Gasteiger partial charge in [0.05, 0.1) is 11.6 Å². The Kier molecular flexibility index (Phi) is 6.40. The van der Waals surface area contributed by atoms with E-state index in [4.69, 9.17) is 0 Å². The number of benzene rings is 3. The lowest BCUT2D eigenvalue weighted by Crippen LogP contribution is -2.29. The number of nitrogens with zero attached hydrogens (tertiary/aromatic N) is 1. The highest BCUT2D eigenvalue weighted by molar-refractivity contribution is 6.02. The number of hydrogen-bond acceptors (Lipinski definition) is 3. The van der Waals surface area contributed by atoms with Crippen molar-refractivity contribution < 1.29 is 9.59 Å². The van der Waals surface area contributed by atoms with Crippen molar-refractivity contribution in [2.45, 2.75) is 26.8 Å². The molecule has 0 fully saturated rings. The Morgan fingerprint density at radius 2 is 1.60 bits per heavy atom. The third-order valence-electron chi connectivity index (χ3n) is 5.15. The maximum atomic E-state index is 13.2. The van der Waals surface area contributed by atoms with Crippen LogP contribution in [0.4, 0.5) is 11.4 Å². The molecular weight excluding hydrogens is 374 g/mol. The second kappa shape index (κ2) is 8.99. The summed E-state index contributed by atoms with van der Waals surface area (Å²) in [5.41, 5.74) is 2.99. The lowest BCUT2D eigenvalue weighted by molar-refractivity contribution is -0.118. The maximum Gasteiger partial charge on any atom is 0.253 e. The molecule has 0 aliphatic heterocycles. The standard InChI is InChI=1S/C25H29N3O2/c1-16(2)24(29)27-19-13-14-23(28(4)5)22(15-19)25(30)26-17(3)20-12-8-10-18-9-6-7-11-21(18)20/h6-17H,1-5H3,(H,26,30)(H,27,29). The zero-order chi connectivity index (χ0) is 21.8. The molecule has 2 N–H and O–H groups in total. The largest absolute Gasteiger partial charge is 0.377 e. The molecule has 30 heavy (non-hydrogen) atoms. The van der Waals surface area contributed by atoms with Crippen LogP contribution < -0.4 is 15.5 Å². The third kappa shape index (κ3) is 4.62. The number of carbonyl (C=O) groups excluding carboxylic acids is 2. The second-order valence-electron chi connectivity index (χ2n) is 8.03. The summed E-state index contributed by atoms with van der Waals surface area (Å²) in [5.74, 6) is -0.398. The van der Waals surface area contributed by atoms with Crippen molar-refractivity contribution in [3.05, 3.63) is 71.8 Å². The van der Waals surface area contributed by atoms with E-state index >= 15 is 0 Å². The molecule has 0 radical (unpaired) electrons. The SMILES string of the molecule is CC(C)C(=O)Nc1ccc(N(C)C)c(C(=O)NC(C)c2cccc3ccccc23)c1. The van der Waals surface area contributed by atoms with Crippen molar-refractivity contribution in [3.63, 3.8) is 0 Å². The number of rotatable bonds is 6. The summed E-state index contributed by atoms with van der Waals surface area (Å²) in [6, 6.07) is 19.5. The van der Waals surface area contributed by atoms with E-state index in [1.54, 1.807) is 6.07 Å². The molecule has 0 spiro atoms. The van der Waals surface area contributed by atoms with Gasteiger partial charge in [-0.15, -0.1) is 0 Å². The molecule has 0 aliphatic rings. The van der Waals surface area contributed by atoms with Gasteiger partial charge >= 0.3 is 0 Å². The molecule has 3 aromatic rings. The third-order valence-corrected chi connectivity index (χ3v) is 5.15. The molecule has 5 nitrogen and oxygen atoms in total. The molecule has 3 aromatic carbocycles. The van der Waals surface area contributed by atoms with Crippen LogP contribution >= 0.6 is 0 Å². The summed E-state index contributed by atoms with van der Waals surface area (Å²) < 4.78 is 0. The fourth-order valence-corrected chi connectivity index (χ4v) is 3.45. The minimum atomic E-state index is -0.181. The summed E-state index contributed by atoms with van der Waals surface area (Å²) >= 11 is 0. The van der Waals surface area contributed by atoms with Gasteiger partial charge in [0.25, 0.3) is 5.91 Å². The highest BCUT2D eigenvalue weighted by Crippen LogP contribution is 2.27. The highest BCUT2D eigenvalue weighted by Gasteiger charge is 2.19. The first kappa shape index (κ1) is 21.4. The van der Waals surface area contributed by atoms with Crippen molar-refractivity contribution in [2.24, 2.45) is 5.92 Å². The van der Waals surface area contributed by atoms with E-state index in [-0.39, 0.29) is 23.8 Å². The molecule has 2 amide bonds. The average Bonchev–Trinajstić information content (AvgIpc) is 2.72. The summed E-state index contributed by atoms with van der Waals surface area (Å²) in [6.45, 7) is 5.66. The Bertz CT molecular complexity index is 1070. The van der Waals surface area contributed by atoms with Gasteiger partial charge in [-0.25, -0.2) is 0 Å². The zero-order valence-corrected chi connectivity index (χ0v) is 18.2. The van der Waals surface area contributed by atoms with Gasteiger partial charge in [-0.3, -0.25) is 9.59 Å². The molecule has 0 heterocycles. The van der Waals surface area contributed by atoms with E-state index in [1.165, 1.54) is 0 Å². The van der Waals surface area contributed by atoms with Gasteiger partial charge in [0.15, 0.2) is 0 Å². The van der Waals surface area contributed by atoms with Crippen LogP contribution in [-0.2, 0) is 4.79 Å². The van der Waals surface area contributed by atoms with Crippen molar-refractivity contribution in [1.29, 1.82) is 0 Å². The minimum absolute atomic E-state index is 0.0805. The molecule has 0 bridgehead atoms. The second-order valence-corrected chi connectivity index (χ2v) is 8.03. The predicted octanol–water partition coefficient (Wildman–Crippen LogP) is 4.99. The fraction of sp³-hybridized carbons (Fsp3) is 0.280. The normalized spacial score (nSPS) is 11.9. The van der Waals surface area contributed by atoms with Gasteiger partial charge in [0.1, 0.15) is 0 Å². The number of nitrogens with one attached hydrogen (secondary N) is 2. The van der Waals surface area contributed by atoms with Crippen LogP contribution in [0.25, 0.3) is 10.8 Å². The van der Waals surface area contributed by atoms with Crippen LogP contribution in [0.2, 0.25) is 0 Å². The molecule has 3 rings (SSSR count). The predicted molar refractivity (Wildman–Crippen MR) is 124 cm³/mol. The Balaban J connectivity index is 1.90. The molecule has 156 valence electrons. The topological polar surface area (TPSA) is 61.4 Å². The lowest BCUT2D eigenvalue weighted by atomic mass is 9.99. The Morgan fingerprint density at radius 3 is 2.30 bits per heavy atom. The van der Waals surface area contributed by atoms with Crippen molar-refractivity contribution in [3.8, 4) is 0 Å². The van der Waals surface area contributed by atoms with Gasteiger partial charge < -0.3 is 15.5 Å². The molecule has 5 heteroatoms. The summed E-state index contributed by atoms with van der Waals surface area (Å²) in [6.07, 6.45) is 0. The van der Waals surface area contributed by atoms with E-state index in [2.05, 4.69) is 28.8 Å². The smallest absolute Gasteiger partial charge is 0.253 e. The first-order valence-corrected chi connectivity index (χ1v) is 10.2. The zero-order valence-electron chi connectivity index (χ0n) is 18.2. The number of amides is 2. The maximum absolute atomic E-state index is 13.2. The summed E-state index contributed by atoms with van der Waals surface area (Å²) in [5, 5.41) is 8.27. The van der Waals surface area contributed by atoms with Crippen LogP contribution in [0.1, 0.15) is 42.7 Å². The Labute approximate surface area is 178 Å². The number of anilines is 2. The van der Waals surface area contributed by atoms with Gasteiger partial charge in [-0.1, -0.05) is 56.3 Å². The van der Waals surface area contributed by atoms with Gasteiger partial charge in [0, 0.05) is 31.4 Å². The summed E-state index contributed by atoms with van der Waals surface area (Å²) in [4.78, 5) is 27.2. The van der Waals surface area contributed by atoms with E-state index in [0.29, 0.717) is 11.3 Å². The number of carbonyl (C=O) groups is 2. The fourth-order valence-electron chi connectivity index (χ4n) is 3.45. The number of fused-ring (bicyclic) bond motifs is 1. The van der Waals surface area contributed by atoms with Crippen LogP contribution in [0, 0.1) is 5.92 Å². The van der Waals surface area contributed by atoms with E-state index in [0.717, 1.165) is 22.0 Å². The van der Waals surface area contributed by atoms with Crippen LogP contribution in [0.15, 0.2) is 60.7 Å². The van der Waals surface area contributed by atoms with Crippen LogP contribution in [-0.4, -0.2) is 25.9 Å². The molecular formula is C25H29N3O2. The first-order valence-electron chi connectivity index (χ1n) is 10.2. The molecule has 0 aliphatic carbocycles. The van der Waals surface area contributed by atoms with Gasteiger partial charge in [0.2, 0.25) is 5.91 Å². The van der Waals surface area contributed by atoms with E-state index in [1.807, 2.05) is 76.2 Å². The Morgan fingerprint density at radius 1 is 0.900 bits per heavy atom. The molecule has 0 saturated heterocycles. The Hall–Kier alpha value is -3.34. The van der Waals surface area contributed by atoms with Crippen LogP contribution in [0.5, 0.6) is 0 Å². The summed E-state index contributed by atoms with van der Waals surface area (Å²) in [7, 11) is 3.79. The molecule has 0 aromatic heterocycles. The van der Waals surface area contributed by atoms with Crippen molar-refractivity contribution in [1.82, 2.24) is 5.32 Å². The molecule has 0 saturated carbocycles. The van der Waals surface area contributed by atoms with E-state index in [9.17, 15) is 9.59 Å². The minimum Gasteiger partial charge on any atom is -0.377 e. The van der Waals surface area contributed by atoms with Gasteiger partial charge in [-0.2, -0.15) is 0 Å². The van der Waals surface area contributed by atoms with Crippen molar-refractivity contribution >= 4 is 34.0 Å².